The van der Waals surface area contributed by atoms with Crippen LogP contribution in [0.5, 0.6) is 0 Å². The number of alkyl carbamates (subject to hydrolysis) is 1. The van der Waals surface area contributed by atoms with Crippen molar-refractivity contribution in [1.82, 2.24) is 5.32 Å². The van der Waals surface area contributed by atoms with Gasteiger partial charge in [-0.2, -0.15) is 0 Å². The number of thioether (sulfide) groups is 1. The second kappa shape index (κ2) is 6.52. The number of carbonyl (C=O) groups excluding carboxylic acids is 1. The number of amidine groups is 1. The number of halogens is 1. The molecule has 2 aliphatic rings. The number of nitrogens with one attached hydrogen (secondary N) is 1. The molecular weight excluding hydrogens is 341 g/mol. The molecule has 1 amide bonds. The fourth-order valence-corrected chi connectivity index (χ4v) is 4.75. The van der Waals surface area contributed by atoms with E-state index in [1.807, 2.05) is 0 Å². The van der Waals surface area contributed by atoms with Crippen LogP contribution < -0.4 is 11.1 Å². The maximum Gasteiger partial charge on any atom is 0.413 e. The second-order valence-electron chi connectivity index (χ2n) is 7.61. The average Bonchev–Trinajstić information content (AvgIpc) is 2.91. The molecule has 1 aliphatic heterocycles. The van der Waals surface area contributed by atoms with Crippen LogP contribution in [0.3, 0.4) is 0 Å². The molecule has 0 bridgehead atoms. The third-order valence-electron chi connectivity index (χ3n) is 4.57. The van der Waals surface area contributed by atoms with Crippen molar-refractivity contribution in [3.63, 3.8) is 0 Å². The van der Waals surface area contributed by atoms with Crippen LogP contribution in [0.25, 0.3) is 0 Å². The molecule has 1 aromatic carbocycles. The van der Waals surface area contributed by atoms with Gasteiger partial charge in [0.15, 0.2) is 5.17 Å². The highest BCUT2D eigenvalue weighted by atomic mass is 32.2. The summed E-state index contributed by atoms with van der Waals surface area (Å²) < 4.78 is 19.9. The number of fused-ring (bicyclic) bond motifs is 1. The van der Waals surface area contributed by atoms with Gasteiger partial charge < -0.3 is 10.5 Å². The number of hydrogen-bond acceptors (Lipinski definition) is 5. The summed E-state index contributed by atoms with van der Waals surface area (Å²) in [6.45, 7) is 5.41. The van der Waals surface area contributed by atoms with Gasteiger partial charge in [-0.15, -0.1) is 0 Å². The Morgan fingerprint density at radius 1 is 1.48 bits per heavy atom. The molecule has 136 valence electrons. The molecule has 5 nitrogen and oxygen atoms in total. The Labute approximate surface area is 151 Å². The summed E-state index contributed by atoms with van der Waals surface area (Å²) in [4.78, 5) is 16.8. The van der Waals surface area contributed by atoms with Crippen molar-refractivity contribution in [1.29, 1.82) is 0 Å². The van der Waals surface area contributed by atoms with E-state index in [0.717, 1.165) is 25.0 Å². The summed E-state index contributed by atoms with van der Waals surface area (Å²) in [6, 6.07) is 4.63. The van der Waals surface area contributed by atoms with Crippen molar-refractivity contribution in [2.24, 2.45) is 10.9 Å². The number of amides is 1. The summed E-state index contributed by atoms with van der Waals surface area (Å²) in [5.74, 6) is 0.717. The van der Waals surface area contributed by atoms with E-state index in [1.165, 1.54) is 17.8 Å². The summed E-state index contributed by atoms with van der Waals surface area (Å²) in [6.07, 6.45) is 2.17. The molecule has 1 aromatic rings. The van der Waals surface area contributed by atoms with Crippen LogP contribution in [0.4, 0.5) is 14.9 Å². The standard InChI is InChI=1S/C18H24FN3O2S/c1-17(2,3)24-16(23)21-15-22-18(8-4-5-11(18)10-25-15)13-9-12(20)6-7-14(13)19/h6-7,9,11H,4-5,8,10,20H2,1-3H3,(H,21,22,23)/t11-,18?/m0/s1. The van der Waals surface area contributed by atoms with Gasteiger partial charge in [-0.25, -0.2) is 9.18 Å². The topological polar surface area (TPSA) is 76.7 Å². The molecule has 1 fully saturated rings. The van der Waals surface area contributed by atoms with Gasteiger partial charge in [-0.05, 0) is 57.7 Å². The lowest BCUT2D eigenvalue weighted by Crippen LogP contribution is -2.42. The van der Waals surface area contributed by atoms with E-state index in [-0.39, 0.29) is 11.7 Å². The lowest BCUT2D eigenvalue weighted by Gasteiger charge is -2.37. The predicted octanol–water partition coefficient (Wildman–Crippen LogP) is 4.03. The number of hydrogen-bond donors (Lipinski definition) is 2. The van der Waals surface area contributed by atoms with Crippen molar-refractivity contribution in [3.8, 4) is 0 Å². The van der Waals surface area contributed by atoms with E-state index in [0.29, 0.717) is 16.4 Å². The Hall–Kier alpha value is -1.76. The Morgan fingerprint density at radius 3 is 2.96 bits per heavy atom. The van der Waals surface area contributed by atoms with Gasteiger partial charge >= 0.3 is 6.09 Å². The van der Waals surface area contributed by atoms with Crippen molar-refractivity contribution in [3.05, 3.63) is 29.6 Å². The highest BCUT2D eigenvalue weighted by Gasteiger charge is 2.48. The molecule has 2 atom stereocenters. The number of carbonyl (C=O) groups is 1. The Bertz CT molecular complexity index is 717. The maximum atomic E-state index is 14.6. The molecule has 0 aromatic heterocycles. The molecule has 0 saturated heterocycles. The first-order chi connectivity index (χ1) is 11.7. The van der Waals surface area contributed by atoms with Gasteiger partial charge in [0.25, 0.3) is 0 Å². The zero-order valence-electron chi connectivity index (χ0n) is 14.8. The van der Waals surface area contributed by atoms with Crippen LogP contribution in [-0.2, 0) is 10.3 Å². The average molecular weight is 365 g/mol. The molecule has 1 aliphatic carbocycles. The van der Waals surface area contributed by atoms with Crippen molar-refractivity contribution in [2.75, 3.05) is 11.5 Å². The summed E-state index contributed by atoms with van der Waals surface area (Å²) in [7, 11) is 0. The number of benzene rings is 1. The zero-order chi connectivity index (χ0) is 18.2. The minimum atomic E-state index is -0.658. The number of nitrogens with two attached hydrogens (primary N) is 1. The van der Waals surface area contributed by atoms with E-state index in [2.05, 4.69) is 5.32 Å². The first-order valence-corrected chi connectivity index (χ1v) is 9.46. The molecule has 3 rings (SSSR count). The molecule has 1 unspecified atom stereocenters. The SMILES string of the molecule is CC(C)(C)OC(=O)NC1=NC2(c3cc(N)ccc3F)CCC[C@H]2CS1. The quantitative estimate of drug-likeness (QED) is 0.737. The smallest absolute Gasteiger partial charge is 0.413 e. The van der Waals surface area contributed by atoms with E-state index in [1.54, 1.807) is 32.9 Å². The van der Waals surface area contributed by atoms with Crippen LogP contribution >= 0.6 is 11.8 Å². The number of aliphatic imine (C=N–C) groups is 1. The fraction of sp³-hybridized carbons (Fsp3) is 0.556. The third-order valence-corrected chi connectivity index (χ3v) is 5.61. The Kier molecular flexibility index (Phi) is 4.70. The first-order valence-electron chi connectivity index (χ1n) is 8.48. The van der Waals surface area contributed by atoms with Crippen LogP contribution in [0, 0.1) is 11.7 Å². The Balaban J connectivity index is 1.93. The summed E-state index contributed by atoms with van der Waals surface area (Å²) in [5.41, 5.74) is 5.69. The van der Waals surface area contributed by atoms with Crippen LogP contribution in [0.15, 0.2) is 23.2 Å². The van der Waals surface area contributed by atoms with E-state index in [4.69, 9.17) is 15.5 Å². The number of nitrogen functional groups attached to an aromatic ring is 1. The summed E-state index contributed by atoms with van der Waals surface area (Å²) in [5, 5.41) is 3.20. The second-order valence-corrected chi connectivity index (χ2v) is 8.62. The van der Waals surface area contributed by atoms with Gasteiger partial charge in [0.05, 0.1) is 5.54 Å². The van der Waals surface area contributed by atoms with E-state index < -0.39 is 17.2 Å². The molecule has 1 heterocycles. The highest BCUT2D eigenvalue weighted by Crippen LogP contribution is 2.51. The first kappa shape index (κ1) is 18.0. The van der Waals surface area contributed by atoms with Crippen LogP contribution in [-0.4, -0.2) is 22.6 Å². The fourth-order valence-electron chi connectivity index (χ4n) is 3.57. The minimum absolute atomic E-state index is 0.234. The zero-order valence-corrected chi connectivity index (χ0v) is 15.6. The van der Waals surface area contributed by atoms with Gasteiger partial charge in [-0.1, -0.05) is 18.2 Å². The predicted molar refractivity (Wildman–Crippen MR) is 99.1 cm³/mol. The molecule has 7 heteroatoms. The monoisotopic (exact) mass is 365 g/mol. The van der Waals surface area contributed by atoms with E-state index >= 15 is 0 Å². The molecular formula is C18H24FN3O2S. The lowest BCUT2D eigenvalue weighted by atomic mass is 9.81. The Morgan fingerprint density at radius 2 is 2.24 bits per heavy atom. The normalized spacial score (nSPS) is 25.9. The lowest BCUT2D eigenvalue weighted by molar-refractivity contribution is 0.0564. The maximum absolute atomic E-state index is 14.6. The van der Waals surface area contributed by atoms with E-state index in [9.17, 15) is 9.18 Å². The van der Waals surface area contributed by atoms with Gasteiger partial charge in [0.1, 0.15) is 11.4 Å². The van der Waals surface area contributed by atoms with Crippen LogP contribution in [0.1, 0.15) is 45.6 Å². The molecule has 3 N–H and O–H groups in total. The minimum Gasteiger partial charge on any atom is -0.444 e. The van der Waals surface area contributed by atoms with Crippen LogP contribution in [0.2, 0.25) is 0 Å². The van der Waals surface area contributed by atoms with Gasteiger partial charge in [0.2, 0.25) is 0 Å². The number of anilines is 1. The van der Waals surface area contributed by atoms with Crippen molar-refractivity contribution < 1.29 is 13.9 Å². The summed E-state index contributed by atoms with van der Waals surface area (Å²) >= 11 is 1.48. The van der Waals surface area contributed by atoms with Gasteiger partial charge in [0, 0.05) is 17.0 Å². The van der Waals surface area contributed by atoms with Crippen molar-refractivity contribution in [2.45, 2.75) is 51.2 Å². The third kappa shape index (κ3) is 3.76. The van der Waals surface area contributed by atoms with Crippen molar-refractivity contribution >= 4 is 28.7 Å². The number of ether oxygens (including phenoxy) is 1. The van der Waals surface area contributed by atoms with Gasteiger partial charge in [-0.3, -0.25) is 10.3 Å². The highest BCUT2D eigenvalue weighted by molar-refractivity contribution is 8.13. The number of rotatable bonds is 1. The number of nitrogens with zero attached hydrogens (tertiary/aromatic N) is 1. The largest absolute Gasteiger partial charge is 0.444 e. The molecule has 25 heavy (non-hydrogen) atoms. The molecule has 1 saturated carbocycles. The molecule has 0 radical (unpaired) electrons. The molecule has 0 spiro atoms.